The number of rotatable bonds is 1. The summed E-state index contributed by atoms with van der Waals surface area (Å²) in [5, 5.41) is 8.21. The Balaban J connectivity index is 2.25. The predicted molar refractivity (Wildman–Crippen MR) is 63.1 cm³/mol. The lowest BCUT2D eigenvalue weighted by Crippen LogP contribution is -1.87. The number of furan rings is 1. The van der Waals surface area contributed by atoms with Crippen LogP contribution in [-0.4, -0.2) is 14.6 Å². The molecule has 3 rings (SSSR count). The molecule has 16 heavy (non-hydrogen) atoms. The number of halogens is 1. The summed E-state index contributed by atoms with van der Waals surface area (Å²) < 4.78 is 8.40. The van der Waals surface area contributed by atoms with Gasteiger partial charge in [-0.25, -0.2) is 0 Å². The molecule has 0 aliphatic rings. The molecule has 5 heteroatoms. The van der Waals surface area contributed by atoms with E-state index in [1.54, 1.807) is 0 Å². The fourth-order valence-electron chi connectivity index (χ4n) is 1.59. The molecule has 0 N–H and O–H groups in total. The van der Waals surface area contributed by atoms with E-state index >= 15 is 0 Å². The van der Waals surface area contributed by atoms with Gasteiger partial charge in [-0.2, -0.15) is 0 Å². The molecule has 0 radical (unpaired) electrons. The molecule has 4 nitrogen and oxygen atoms in total. The fourth-order valence-corrected chi connectivity index (χ4v) is 1.91. The first-order valence-corrected chi connectivity index (χ1v) is 5.60. The lowest BCUT2D eigenvalue weighted by atomic mass is 10.4. The number of aromatic nitrogens is 3. The van der Waals surface area contributed by atoms with E-state index in [1.165, 1.54) is 0 Å². The summed E-state index contributed by atoms with van der Waals surface area (Å²) in [7, 11) is 0. The highest BCUT2D eigenvalue weighted by molar-refractivity contribution is 9.10. The molecule has 0 saturated heterocycles. The van der Waals surface area contributed by atoms with Gasteiger partial charge in [-0.3, -0.25) is 4.40 Å². The number of pyridine rings is 1. The highest BCUT2D eigenvalue weighted by Gasteiger charge is 2.10. The normalized spacial score (nSPS) is 11.1. The number of aryl methyl sites for hydroxylation is 1. The quantitative estimate of drug-likeness (QED) is 0.687. The molecular weight excluding hydrogens is 270 g/mol. The first-order chi connectivity index (χ1) is 7.74. The van der Waals surface area contributed by atoms with E-state index in [9.17, 15) is 0 Å². The highest BCUT2D eigenvalue weighted by atomic mass is 79.9. The van der Waals surface area contributed by atoms with Crippen LogP contribution in [0.3, 0.4) is 0 Å². The summed E-state index contributed by atoms with van der Waals surface area (Å²) in [5.41, 5.74) is 0.790. The molecule has 0 bridgehead atoms. The molecular formula is C11H8BrN3O. The Bertz CT molecular complexity index is 656. The second-order valence-electron chi connectivity index (χ2n) is 3.51. The monoisotopic (exact) mass is 277 g/mol. The zero-order valence-electron chi connectivity index (χ0n) is 8.51. The Morgan fingerprint density at radius 2 is 2.12 bits per heavy atom. The van der Waals surface area contributed by atoms with Gasteiger partial charge in [0.05, 0.1) is 0 Å². The Morgan fingerprint density at radius 1 is 1.25 bits per heavy atom. The van der Waals surface area contributed by atoms with E-state index in [2.05, 4.69) is 26.1 Å². The lowest BCUT2D eigenvalue weighted by Gasteiger charge is -1.96. The molecule has 0 aliphatic heterocycles. The minimum Gasteiger partial charge on any atom is -0.458 e. The van der Waals surface area contributed by atoms with Gasteiger partial charge in [-0.15, -0.1) is 10.2 Å². The van der Waals surface area contributed by atoms with Gasteiger partial charge in [0.1, 0.15) is 5.76 Å². The van der Waals surface area contributed by atoms with E-state index in [0.29, 0.717) is 0 Å². The maximum atomic E-state index is 5.53. The van der Waals surface area contributed by atoms with Gasteiger partial charge in [0.15, 0.2) is 11.4 Å². The van der Waals surface area contributed by atoms with Crippen molar-refractivity contribution in [1.29, 1.82) is 0 Å². The summed E-state index contributed by atoms with van der Waals surface area (Å²) in [6, 6.07) is 7.66. The standard InChI is InChI=1S/C11H8BrN3O/c1-7-2-3-9(16-7)11-14-13-10-6-8(12)4-5-15(10)11/h2-6H,1H3. The Labute approximate surface area is 100 Å². The van der Waals surface area contributed by atoms with Crippen molar-refractivity contribution in [1.82, 2.24) is 14.6 Å². The summed E-state index contributed by atoms with van der Waals surface area (Å²) >= 11 is 3.40. The van der Waals surface area contributed by atoms with Crippen molar-refractivity contribution in [3.8, 4) is 11.6 Å². The Morgan fingerprint density at radius 3 is 2.88 bits per heavy atom. The minimum absolute atomic E-state index is 0.718. The van der Waals surface area contributed by atoms with E-state index in [-0.39, 0.29) is 0 Å². The van der Waals surface area contributed by atoms with Gasteiger partial charge in [0.2, 0.25) is 5.82 Å². The van der Waals surface area contributed by atoms with Crippen LogP contribution in [-0.2, 0) is 0 Å². The topological polar surface area (TPSA) is 43.3 Å². The third-order valence-corrected chi connectivity index (χ3v) is 2.83. The maximum Gasteiger partial charge on any atom is 0.204 e. The fraction of sp³-hybridized carbons (Fsp3) is 0.0909. The molecule has 0 amide bonds. The van der Waals surface area contributed by atoms with E-state index in [4.69, 9.17) is 4.42 Å². The summed E-state index contributed by atoms with van der Waals surface area (Å²) in [5.74, 6) is 2.31. The molecule has 80 valence electrons. The third-order valence-electron chi connectivity index (χ3n) is 2.33. The summed E-state index contributed by atoms with van der Waals surface area (Å²) in [6.07, 6.45) is 1.91. The summed E-state index contributed by atoms with van der Waals surface area (Å²) in [4.78, 5) is 0. The van der Waals surface area contributed by atoms with Crippen molar-refractivity contribution in [3.05, 3.63) is 40.7 Å². The molecule has 3 aromatic rings. The van der Waals surface area contributed by atoms with Crippen molar-refractivity contribution in [2.75, 3.05) is 0 Å². The van der Waals surface area contributed by atoms with Crippen LogP contribution in [0.4, 0.5) is 0 Å². The first-order valence-electron chi connectivity index (χ1n) is 4.81. The Kier molecular flexibility index (Phi) is 2.07. The second-order valence-corrected chi connectivity index (χ2v) is 4.42. The molecule has 0 aromatic carbocycles. The summed E-state index contributed by atoms with van der Waals surface area (Å²) in [6.45, 7) is 1.91. The molecule has 3 aromatic heterocycles. The maximum absolute atomic E-state index is 5.53. The van der Waals surface area contributed by atoms with Crippen LogP contribution in [0.5, 0.6) is 0 Å². The molecule has 0 fully saturated rings. The third kappa shape index (κ3) is 1.44. The van der Waals surface area contributed by atoms with E-state index in [1.807, 2.05) is 41.8 Å². The average Bonchev–Trinajstić information content (AvgIpc) is 2.83. The van der Waals surface area contributed by atoms with Crippen LogP contribution in [0.15, 0.2) is 39.4 Å². The molecule has 3 heterocycles. The van der Waals surface area contributed by atoms with Crippen LogP contribution >= 0.6 is 15.9 Å². The van der Waals surface area contributed by atoms with Crippen LogP contribution in [0.1, 0.15) is 5.76 Å². The lowest BCUT2D eigenvalue weighted by molar-refractivity contribution is 0.543. The van der Waals surface area contributed by atoms with Gasteiger partial charge in [0.25, 0.3) is 0 Å². The second kappa shape index (κ2) is 3.45. The zero-order valence-corrected chi connectivity index (χ0v) is 10.1. The van der Waals surface area contributed by atoms with Gasteiger partial charge >= 0.3 is 0 Å². The van der Waals surface area contributed by atoms with Crippen molar-refractivity contribution in [2.45, 2.75) is 6.92 Å². The smallest absolute Gasteiger partial charge is 0.204 e. The zero-order chi connectivity index (χ0) is 11.1. The molecule has 0 atom stereocenters. The highest BCUT2D eigenvalue weighted by Crippen LogP contribution is 2.22. The largest absolute Gasteiger partial charge is 0.458 e. The molecule has 0 spiro atoms. The van der Waals surface area contributed by atoms with Gasteiger partial charge in [-0.1, -0.05) is 15.9 Å². The van der Waals surface area contributed by atoms with Crippen molar-refractivity contribution in [2.24, 2.45) is 0 Å². The van der Waals surface area contributed by atoms with Crippen LogP contribution < -0.4 is 0 Å². The number of hydrogen-bond donors (Lipinski definition) is 0. The van der Waals surface area contributed by atoms with Crippen molar-refractivity contribution in [3.63, 3.8) is 0 Å². The van der Waals surface area contributed by atoms with Crippen LogP contribution in [0.25, 0.3) is 17.2 Å². The SMILES string of the molecule is Cc1ccc(-c2nnc3cc(Br)ccn23)o1. The predicted octanol–water partition coefficient (Wildman–Crippen LogP) is 3.06. The first kappa shape index (κ1) is 9.59. The van der Waals surface area contributed by atoms with Gasteiger partial charge in [-0.05, 0) is 31.2 Å². The molecule has 0 aliphatic carbocycles. The van der Waals surface area contributed by atoms with Crippen LogP contribution in [0.2, 0.25) is 0 Å². The van der Waals surface area contributed by atoms with Crippen LogP contribution in [0, 0.1) is 6.92 Å². The number of hydrogen-bond acceptors (Lipinski definition) is 3. The number of fused-ring (bicyclic) bond motifs is 1. The van der Waals surface area contributed by atoms with E-state index < -0.39 is 0 Å². The van der Waals surface area contributed by atoms with Crippen molar-refractivity contribution >= 4 is 21.6 Å². The van der Waals surface area contributed by atoms with Gasteiger partial charge < -0.3 is 4.42 Å². The average molecular weight is 278 g/mol. The van der Waals surface area contributed by atoms with Crippen molar-refractivity contribution < 1.29 is 4.42 Å². The molecule has 0 unspecified atom stereocenters. The van der Waals surface area contributed by atoms with E-state index in [0.717, 1.165) is 27.5 Å². The molecule has 0 saturated carbocycles. The Hall–Kier alpha value is -1.62. The minimum atomic E-state index is 0.718. The van der Waals surface area contributed by atoms with Gasteiger partial charge in [0, 0.05) is 10.7 Å². The number of nitrogens with zero attached hydrogens (tertiary/aromatic N) is 3.